The van der Waals surface area contributed by atoms with Crippen molar-refractivity contribution in [1.29, 1.82) is 0 Å². The molecule has 2 aromatic rings. The highest BCUT2D eigenvalue weighted by Gasteiger charge is 2.12. The van der Waals surface area contributed by atoms with Gasteiger partial charge in [-0.1, -0.05) is 12.1 Å². The molecule has 0 aliphatic heterocycles. The van der Waals surface area contributed by atoms with Crippen molar-refractivity contribution in [2.45, 2.75) is 6.61 Å². The van der Waals surface area contributed by atoms with E-state index >= 15 is 0 Å². The third kappa shape index (κ3) is 3.02. The molecule has 98 valence electrons. The van der Waals surface area contributed by atoms with Crippen molar-refractivity contribution < 1.29 is 19.7 Å². The van der Waals surface area contributed by atoms with E-state index in [1.807, 2.05) is 0 Å². The Labute approximate surface area is 109 Å². The number of aromatic carboxylic acids is 1. The molecule has 0 saturated heterocycles. The summed E-state index contributed by atoms with van der Waals surface area (Å²) < 4.78 is 5.52. The van der Waals surface area contributed by atoms with Crippen LogP contribution in [0, 0.1) is 0 Å². The SMILES string of the molecule is Nc1ccc(Oc2cccc(CO)c2)c(C(=O)O)c1. The minimum absolute atomic E-state index is 0.00518. The van der Waals surface area contributed by atoms with Crippen molar-refractivity contribution in [1.82, 2.24) is 0 Å². The van der Waals surface area contributed by atoms with Crippen LogP contribution in [0.4, 0.5) is 5.69 Å². The average Bonchev–Trinajstić information content (AvgIpc) is 2.41. The van der Waals surface area contributed by atoms with Gasteiger partial charge in [0, 0.05) is 5.69 Å². The zero-order valence-electron chi connectivity index (χ0n) is 10.0. The van der Waals surface area contributed by atoms with E-state index < -0.39 is 5.97 Å². The fraction of sp³-hybridized carbons (Fsp3) is 0.0714. The van der Waals surface area contributed by atoms with Crippen LogP contribution in [0.25, 0.3) is 0 Å². The summed E-state index contributed by atoms with van der Waals surface area (Å²) in [5, 5.41) is 18.1. The van der Waals surface area contributed by atoms with Crippen LogP contribution in [-0.4, -0.2) is 16.2 Å². The van der Waals surface area contributed by atoms with Crippen LogP contribution in [0.5, 0.6) is 11.5 Å². The number of carbonyl (C=O) groups is 1. The van der Waals surface area contributed by atoms with E-state index in [1.165, 1.54) is 12.1 Å². The predicted molar refractivity (Wildman–Crippen MR) is 70.3 cm³/mol. The van der Waals surface area contributed by atoms with E-state index in [0.717, 1.165) is 0 Å². The van der Waals surface area contributed by atoms with Gasteiger partial charge in [-0.25, -0.2) is 4.79 Å². The molecule has 4 N–H and O–H groups in total. The van der Waals surface area contributed by atoms with Gasteiger partial charge in [-0.15, -0.1) is 0 Å². The van der Waals surface area contributed by atoms with Crippen LogP contribution in [0.2, 0.25) is 0 Å². The first-order valence-electron chi connectivity index (χ1n) is 5.60. The number of nitrogen functional groups attached to an aromatic ring is 1. The highest BCUT2D eigenvalue weighted by molar-refractivity contribution is 5.92. The molecular formula is C14H13NO4. The number of hydrogen-bond acceptors (Lipinski definition) is 4. The average molecular weight is 259 g/mol. The summed E-state index contributed by atoms with van der Waals surface area (Å²) in [7, 11) is 0. The van der Waals surface area contributed by atoms with Gasteiger partial charge in [0.15, 0.2) is 0 Å². The van der Waals surface area contributed by atoms with Gasteiger partial charge >= 0.3 is 5.97 Å². The second-order valence-corrected chi connectivity index (χ2v) is 3.97. The Kier molecular flexibility index (Phi) is 3.68. The molecular weight excluding hydrogens is 246 g/mol. The summed E-state index contributed by atoms with van der Waals surface area (Å²) in [5.74, 6) is -0.448. The Balaban J connectivity index is 2.34. The van der Waals surface area contributed by atoms with Crippen LogP contribution < -0.4 is 10.5 Å². The Morgan fingerprint density at radius 2 is 2.00 bits per heavy atom. The number of ether oxygens (including phenoxy) is 1. The first-order valence-corrected chi connectivity index (χ1v) is 5.60. The Hall–Kier alpha value is -2.53. The molecule has 0 radical (unpaired) electrons. The summed E-state index contributed by atoms with van der Waals surface area (Å²) >= 11 is 0. The largest absolute Gasteiger partial charge is 0.478 e. The molecule has 2 aromatic carbocycles. The number of anilines is 1. The second-order valence-electron chi connectivity index (χ2n) is 3.97. The first kappa shape index (κ1) is 12.9. The van der Waals surface area contributed by atoms with Gasteiger partial charge in [0.2, 0.25) is 0 Å². The van der Waals surface area contributed by atoms with Crippen LogP contribution in [0.15, 0.2) is 42.5 Å². The van der Waals surface area contributed by atoms with Crippen molar-refractivity contribution in [3.8, 4) is 11.5 Å². The summed E-state index contributed by atoms with van der Waals surface area (Å²) in [4.78, 5) is 11.1. The maximum Gasteiger partial charge on any atom is 0.339 e. The Morgan fingerprint density at radius 1 is 1.21 bits per heavy atom. The van der Waals surface area contributed by atoms with E-state index in [2.05, 4.69) is 0 Å². The van der Waals surface area contributed by atoms with Crippen molar-refractivity contribution in [3.63, 3.8) is 0 Å². The molecule has 0 saturated carbocycles. The fourth-order valence-corrected chi connectivity index (χ4v) is 1.64. The molecule has 0 bridgehead atoms. The zero-order chi connectivity index (χ0) is 13.8. The van der Waals surface area contributed by atoms with E-state index in [1.54, 1.807) is 30.3 Å². The van der Waals surface area contributed by atoms with Gasteiger partial charge in [0.05, 0.1) is 6.61 Å². The summed E-state index contributed by atoms with van der Waals surface area (Å²) in [6.07, 6.45) is 0. The third-order valence-electron chi connectivity index (χ3n) is 2.54. The highest BCUT2D eigenvalue weighted by Crippen LogP contribution is 2.27. The molecule has 2 rings (SSSR count). The fourth-order valence-electron chi connectivity index (χ4n) is 1.64. The lowest BCUT2D eigenvalue weighted by Gasteiger charge is -2.10. The molecule has 0 aliphatic rings. The van der Waals surface area contributed by atoms with Gasteiger partial charge in [-0.05, 0) is 35.9 Å². The van der Waals surface area contributed by atoms with Gasteiger partial charge in [0.1, 0.15) is 17.1 Å². The van der Waals surface area contributed by atoms with Gasteiger partial charge in [0.25, 0.3) is 0 Å². The first-order chi connectivity index (χ1) is 9.10. The standard InChI is InChI=1S/C14H13NO4/c15-10-4-5-13(12(7-10)14(17)18)19-11-3-1-2-9(6-11)8-16/h1-7,16H,8,15H2,(H,17,18). The molecule has 19 heavy (non-hydrogen) atoms. The van der Waals surface area contributed by atoms with Crippen molar-refractivity contribution in [3.05, 3.63) is 53.6 Å². The number of benzene rings is 2. The number of carboxylic acid groups (broad SMARTS) is 1. The molecule has 5 heteroatoms. The lowest BCUT2D eigenvalue weighted by Crippen LogP contribution is -2.01. The minimum Gasteiger partial charge on any atom is -0.478 e. The summed E-state index contributed by atoms with van der Waals surface area (Å²) in [5.41, 5.74) is 6.59. The molecule has 5 nitrogen and oxygen atoms in total. The minimum atomic E-state index is -1.11. The Bertz CT molecular complexity index is 610. The quantitative estimate of drug-likeness (QED) is 0.732. The Morgan fingerprint density at radius 3 is 2.68 bits per heavy atom. The van der Waals surface area contributed by atoms with Gasteiger partial charge in [-0.2, -0.15) is 0 Å². The number of aliphatic hydroxyl groups excluding tert-OH is 1. The number of nitrogens with two attached hydrogens (primary N) is 1. The number of rotatable bonds is 4. The molecule has 0 fully saturated rings. The van der Waals surface area contributed by atoms with Crippen LogP contribution in [-0.2, 0) is 6.61 Å². The topological polar surface area (TPSA) is 92.8 Å². The van der Waals surface area contributed by atoms with E-state index in [0.29, 0.717) is 17.0 Å². The zero-order valence-corrected chi connectivity index (χ0v) is 10.0. The summed E-state index contributed by atoms with van der Waals surface area (Å²) in [6.45, 7) is -0.106. The molecule has 0 spiro atoms. The lowest BCUT2D eigenvalue weighted by atomic mass is 10.1. The molecule has 0 atom stereocenters. The maximum absolute atomic E-state index is 11.1. The molecule has 0 aliphatic carbocycles. The lowest BCUT2D eigenvalue weighted by molar-refractivity contribution is 0.0694. The number of carboxylic acids is 1. The molecule has 0 aromatic heterocycles. The van der Waals surface area contributed by atoms with E-state index in [9.17, 15) is 4.79 Å². The number of aliphatic hydroxyl groups is 1. The normalized spacial score (nSPS) is 10.2. The van der Waals surface area contributed by atoms with Crippen LogP contribution in [0.3, 0.4) is 0 Å². The second kappa shape index (κ2) is 5.41. The molecule has 0 amide bonds. The van der Waals surface area contributed by atoms with Crippen molar-refractivity contribution in [2.75, 3.05) is 5.73 Å². The van der Waals surface area contributed by atoms with E-state index in [4.69, 9.17) is 20.7 Å². The van der Waals surface area contributed by atoms with Gasteiger partial charge in [-0.3, -0.25) is 0 Å². The third-order valence-corrected chi connectivity index (χ3v) is 2.54. The van der Waals surface area contributed by atoms with Crippen molar-refractivity contribution >= 4 is 11.7 Å². The summed E-state index contributed by atoms with van der Waals surface area (Å²) in [6, 6.07) is 11.2. The molecule has 0 unspecified atom stereocenters. The predicted octanol–water partition coefficient (Wildman–Crippen LogP) is 2.25. The monoisotopic (exact) mass is 259 g/mol. The highest BCUT2D eigenvalue weighted by atomic mass is 16.5. The van der Waals surface area contributed by atoms with Crippen LogP contribution >= 0.6 is 0 Å². The van der Waals surface area contributed by atoms with Crippen molar-refractivity contribution in [2.24, 2.45) is 0 Å². The van der Waals surface area contributed by atoms with Crippen LogP contribution in [0.1, 0.15) is 15.9 Å². The van der Waals surface area contributed by atoms with Gasteiger partial charge < -0.3 is 20.7 Å². The number of hydrogen-bond donors (Lipinski definition) is 3. The van der Waals surface area contributed by atoms with E-state index in [-0.39, 0.29) is 17.9 Å². The molecule has 0 heterocycles. The maximum atomic E-state index is 11.1. The smallest absolute Gasteiger partial charge is 0.339 e.